The number of benzene rings is 1. The van der Waals surface area contributed by atoms with Gasteiger partial charge in [-0.25, -0.2) is 4.39 Å². The van der Waals surface area contributed by atoms with Crippen molar-refractivity contribution in [1.82, 2.24) is 0 Å². The van der Waals surface area contributed by atoms with Crippen molar-refractivity contribution in [2.75, 3.05) is 0 Å². The molecule has 6 nitrogen and oxygen atoms in total. The number of nitrogens with one attached hydrogen (secondary N) is 1. The van der Waals surface area contributed by atoms with Crippen LogP contribution in [0.25, 0.3) is 0 Å². The van der Waals surface area contributed by atoms with Crippen LogP contribution >= 0.6 is 15.9 Å². The number of rotatable bonds is 4. The Hall–Kier alpha value is -2.47. The second kappa shape index (κ2) is 6.85. The van der Waals surface area contributed by atoms with Gasteiger partial charge in [-0.05, 0) is 31.0 Å². The lowest BCUT2D eigenvalue weighted by Gasteiger charge is -2.49. The van der Waals surface area contributed by atoms with Crippen LogP contribution in [-0.4, -0.2) is 11.7 Å². The quantitative estimate of drug-likeness (QED) is 0.720. The molecule has 28 heavy (non-hydrogen) atoms. The van der Waals surface area contributed by atoms with Crippen LogP contribution in [0.2, 0.25) is 0 Å². The summed E-state index contributed by atoms with van der Waals surface area (Å²) in [6, 6.07) is 10.0. The molecule has 2 saturated heterocycles. The minimum absolute atomic E-state index is 0.0227. The first-order chi connectivity index (χ1) is 13.3. The summed E-state index contributed by atoms with van der Waals surface area (Å²) < 4.78 is 27.3. The van der Waals surface area contributed by atoms with Crippen LogP contribution in [0.5, 0.6) is 0 Å². The van der Waals surface area contributed by atoms with Crippen LogP contribution in [0.4, 0.5) is 4.39 Å². The van der Waals surface area contributed by atoms with Gasteiger partial charge < -0.3 is 9.47 Å². The van der Waals surface area contributed by atoms with Crippen LogP contribution < -0.4 is 0 Å². The van der Waals surface area contributed by atoms with Crippen molar-refractivity contribution in [3.8, 4) is 18.2 Å². The number of hydrogen-bond acceptors (Lipinski definition) is 6. The highest BCUT2D eigenvalue weighted by Gasteiger charge is 2.79. The number of ether oxygens (including phenoxy) is 2. The van der Waals surface area contributed by atoms with E-state index < -0.39 is 40.4 Å². The molecule has 2 aliphatic rings. The largest absolute Gasteiger partial charge is 0.447 e. The molecule has 4 atom stereocenters. The van der Waals surface area contributed by atoms with Crippen molar-refractivity contribution >= 4 is 21.8 Å². The molecule has 1 aromatic carbocycles. The predicted octanol–water partition coefficient (Wildman–Crippen LogP) is 4.73. The molecular formula is C20H18BrFN4O2. The maximum atomic E-state index is 14.8. The molecule has 8 heteroatoms. The van der Waals surface area contributed by atoms with E-state index >= 15 is 0 Å². The minimum Gasteiger partial charge on any atom is -0.447 e. The molecule has 0 aliphatic carbocycles. The van der Waals surface area contributed by atoms with Gasteiger partial charge in [0, 0.05) is 16.5 Å². The van der Waals surface area contributed by atoms with E-state index in [2.05, 4.69) is 22.0 Å². The smallest absolute Gasteiger partial charge is 0.217 e. The van der Waals surface area contributed by atoms with E-state index in [1.807, 2.05) is 19.1 Å². The Morgan fingerprint density at radius 1 is 1.21 bits per heavy atom. The minimum atomic E-state index is -2.14. The van der Waals surface area contributed by atoms with Gasteiger partial charge in [-0.1, -0.05) is 29.8 Å². The van der Waals surface area contributed by atoms with Gasteiger partial charge in [-0.3, -0.25) is 5.41 Å². The highest BCUT2D eigenvalue weighted by molar-refractivity contribution is 9.10. The van der Waals surface area contributed by atoms with Gasteiger partial charge in [-0.2, -0.15) is 15.8 Å². The average molecular weight is 445 g/mol. The fraction of sp³-hybridized carbons (Fsp3) is 0.500. The highest BCUT2D eigenvalue weighted by atomic mass is 79.9. The molecule has 1 N–H and O–H groups in total. The molecule has 2 fully saturated rings. The second-order valence-corrected chi connectivity index (χ2v) is 7.98. The third-order valence-corrected chi connectivity index (χ3v) is 6.29. The van der Waals surface area contributed by atoms with Crippen LogP contribution in [0.3, 0.4) is 0 Å². The van der Waals surface area contributed by atoms with E-state index in [-0.39, 0.29) is 5.56 Å². The normalized spacial score (nSPS) is 32.7. The van der Waals surface area contributed by atoms with E-state index in [4.69, 9.17) is 14.9 Å². The standard InChI is InChI=1S/C20H18BrFN4O2/c1-3-7-20-15(4-2)19(11-25,17(26)28-20)18(9-23,10-24)16(27-20)13-8-12(21)5-6-14(13)22/h5-6,8,15-16,26H,3-4,7H2,1-2H3. The Labute approximate surface area is 171 Å². The molecule has 2 heterocycles. The molecule has 4 unspecified atom stereocenters. The molecule has 0 aromatic heterocycles. The topological polar surface area (TPSA) is 114 Å². The number of nitrogens with zero attached hydrogens (tertiary/aromatic N) is 3. The maximum absolute atomic E-state index is 14.8. The van der Waals surface area contributed by atoms with E-state index in [9.17, 15) is 20.2 Å². The van der Waals surface area contributed by atoms with Crippen LogP contribution in [0, 0.1) is 62.0 Å². The number of halogens is 2. The monoisotopic (exact) mass is 444 g/mol. The average Bonchev–Trinajstić information content (AvgIpc) is 2.87. The lowest BCUT2D eigenvalue weighted by Crippen LogP contribution is -2.59. The Morgan fingerprint density at radius 3 is 2.43 bits per heavy atom. The summed E-state index contributed by atoms with van der Waals surface area (Å²) in [6.07, 6.45) is -0.0761. The molecular weight excluding hydrogens is 427 g/mol. The molecule has 2 bridgehead atoms. The molecule has 3 rings (SSSR count). The highest BCUT2D eigenvalue weighted by Crippen LogP contribution is 2.68. The Morgan fingerprint density at radius 2 is 1.89 bits per heavy atom. The van der Waals surface area contributed by atoms with Gasteiger partial charge in [0.05, 0.1) is 24.1 Å². The van der Waals surface area contributed by atoms with Crippen molar-refractivity contribution in [3.05, 3.63) is 34.1 Å². The first kappa shape index (κ1) is 20.3. The van der Waals surface area contributed by atoms with E-state index in [1.165, 1.54) is 18.2 Å². The Bertz CT molecular complexity index is 948. The summed E-state index contributed by atoms with van der Waals surface area (Å²) in [7, 11) is 0. The molecule has 0 amide bonds. The third kappa shape index (κ3) is 2.27. The lowest BCUT2D eigenvalue weighted by molar-refractivity contribution is -0.287. The first-order valence-electron chi connectivity index (χ1n) is 8.97. The third-order valence-electron chi connectivity index (χ3n) is 5.80. The van der Waals surface area contributed by atoms with Crippen molar-refractivity contribution in [3.63, 3.8) is 0 Å². The molecule has 1 aromatic rings. The number of nitriles is 3. The zero-order chi connectivity index (χ0) is 20.7. The zero-order valence-corrected chi connectivity index (χ0v) is 17.0. The maximum Gasteiger partial charge on any atom is 0.217 e. The van der Waals surface area contributed by atoms with Gasteiger partial charge in [-0.15, -0.1) is 0 Å². The van der Waals surface area contributed by atoms with Crippen LogP contribution in [-0.2, 0) is 9.47 Å². The number of fused-ring (bicyclic) bond motifs is 2. The van der Waals surface area contributed by atoms with Gasteiger partial charge >= 0.3 is 0 Å². The van der Waals surface area contributed by atoms with Crippen molar-refractivity contribution in [1.29, 1.82) is 21.2 Å². The van der Waals surface area contributed by atoms with Gasteiger partial charge in [0.2, 0.25) is 17.1 Å². The summed E-state index contributed by atoms with van der Waals surface area (Å²) in [6.45, 7) is 3.70. The second-order valence-electron chi connectivity index (χ2n) is 7.07. The molecule has 0 radical (unpaired) electrons. The van der Waals surface area contributed by atoms with E-state index in [0.717, 1.165) is 0 Å². The molecule has 144 valence electrons. The lowest BCUT2D eigenvalue weighted by atomic mass is 9.52. The zero-order valence-electron chi connectivity index (χ0n) is 15.4. The van der Waals surface area contributed by atoms with Crippen molar-refractivity contribution in [2.45, 2.75) is 45.0 Å². The van der Waals surface area contributed by atoms with Crippen molar-refractivity contribution in [2.24, 2.45) is 16.7 Å². The first-order valence-corrected chi connectivity index (χ1v) is 9.76. The van der Waals surface area contributed by atoms with Crippen LogP contribution in [0.15, 0.2) is 22.7 Å². The molecule has 2 aliphatic heterocycles. The fourth-order valence-electron chi connectivity index (χ4n) is 4.66. The van der Waals surface area contributed by atoms with Gasteiger partial charge in [0.1, 0.15) is 11.9 Å². The van der Waals surface area contributed by atoms with Gasteiger partial charge in [0.15, 0.2) is 5.41 Å². The summed E-state index contributed by atoms with van der Waals surface area (Å²) in [5, 5.41) is 38.8. The summed E-state index contributed by atoms with van der Waals surface area (Å²) in [5.74, 6) is -3.20. The number of hydrogen-bond donors (Lipinski definition) is 1. The molecule has 0 saturated carbocycles. The summed E-state index contributed by atoms with van der Waals surface area (Å²) in [4.78, 5) is 0. The Kier molecular flexibility index (Phi) is 4.96. The van der Waals surface area contributed by atoms with Crippen molar-refractivity contribution < 1.29 is 13.9 Å². The molecule has 0 spiro atoms. The van der Waals surface area contributed by atoms with Crippen LogP contribution in [0.1, 0.15) is 44.8 Å². The fourth-order valence-corrected chi connectivity index (χ4v) is 5.04. The van der Waals surface area contributed by atoms with E-state index in [1.54, 1.807) is 6.92 Å². The summed E-state index contributed by atoms with van der Waals surface area (Å²) >= 11 is 3.28. The predicted molar refractivity (Wildman–Crippen MR) is 99.9 cm³/mol. The van der Waals surface area contributed by atoms with Gasteiger partial charge in [0.25, 0.3) is 0 Å². The SMILES string of the molecule is CCCC12OC(=N)C(C#N)(C1CC)C(C#N)(C#N)C(c1cc(Br)ccc1F)O2. The summed E-state index contributed by atoms with van der Waals surface area (Å²) in [5.41, 5.74) is -4.03. The van der Waals surface area contributed by atoms with E-state index in [0.29, 0.717) is 23.7 Å². The Balaban J connectivity index is 2.39.